The molecule has 1 amide bonds. The predicted molar refractivity (Wildman–Crippen MR) is 112 cm³/mol. The highest BCUT2D eigenvalue weighted by Crippen LogP contribution is 2.25. The first-order chi connectivity index (χ1) is 13.6. The van der Waals surface area contributed by atoms with Gasteiger partial charge in [0.1, 0.15) is 0 Å². The van der Waals surface area contributed by atoms with Gasteiger partial charge in [-0.25, -0.2) is 13.6 Å². The van der Waals surface area contributed by atoms with Crippen LogP contribution in [0.25, 0.3) is 0 Å². The molecule has 28 heavy (non-hydrogen) atoms. The van der Waals surface area contributed by atoms with Gasteiger partial charge in [-0.1, -0.05) is 50.6 Å². The molecule has 1 aliphatic carbocycles. The molecule has 7 heteroatoms. The van der Waals surface area contributed by atoms with Gasteiger partial charge in [-0.2, -0.15) is 0 Å². The van der Waals surface area contributed by atoms with E-state index in [0.29, 0.717) is 36.1 Å². The normalized spacial score (nSPS) is 22.4. The Labute approximate surface area is 171 Å². The second-order valence-electron chi connectivity index (χ2n) is 7.56. The molecule has 1 saturated heterocycles. The van der Waals surface area contributed by atoms with E-state index < -0.39 is 17.0 Å². The maximum atomic E-state index is 12.8. The lowest BCUT2D eigenvalue weighted by molar-refractivity contribution is -0.154. The Morgan fingerprint density at radius 3 is 2.46 bits per heavy atom. The Morgan fingerprint density at radius 1 is 1.21 bits per heavy atom. The second-order valence-corrected chi connectivity index (χ2v) is 9.05. The molecular weight excluding hydrogens is 376 g/mol. The molecule has 0 radical (unpaired) electrons. The van der Waals surface area contributed by atoms with Crippen LogP contribution in [0.2, 0.25) is 0 Å². The van der Waals surface area contributed by atoms with Gasteiger partial charge in [0.05, 0.1) is 28.9 Å². The molecule has 0 aromatic rings. The van der Waals surface area contributed by atoms with Gasteiger partial charge in [0.2, 0.25) is 6.41 Å². The highest BCUT2D eigenvalue weighted by atomic mass is 32.2. The topological polar surface area (TPSA) is 70.1 Å². The van der Waals surface area contributed by atoms with E-state index in [4.69, 9.17) is 4.74 Å². The molecule has 1 N–H and O–H groups in total. The van der Waals surface area contributed by atoms with Crippen LogP contribution in [0, 0.1) is 5.92 Å². The number of carbonyl (C=O) groups is 1. The van der Waals surface area contributed by atoms with Crippen molar-refractivity contribution in [3.05, 3.63) is 37.0 Å². The van der Waals surface area contributed by atoms with Gasteiger partial charge >= 0.3 is 0 Å². The standard InChI is InChI=1S/C21H34N2O4S/c1-3-8-19(4-2)21(23(25)17-24)16-28(26)22-13-11-20(12-14-22)27-15-18-9-6-5-7-10-18/h3-4,8,17-18,20-21,25H,1-2,5-7,9-16H2/b19-8+. The Hall–Kier alpha value is -1.28. The van der Waals surface area contributed by atoms with Gasteiger partial charge in [-0.3, -0.25) is 10.0 Å². The molecule has 1 saturated carbocycles. The summed E-state index contributed by atoms with van der Waals surface area (Å²) in [5.74, 6) is 0.823. The number of allylic oxidation sites excluding steroid dienone is 2. The molecule has 2 aliphatic rings. The minimum Gasteiger partial charge on any atom is -0.378 e. The molecule has 1 aliphatic heterocycles. The van der Waals surface area contributed by atoms with Crippen LogP contribution in [0.15, 0.2) is 37.0 Å². The van der Waals surface area contributed by atoms with E-state index in [-0.39, 0.29) is 11.9 Å². The monoisotopic (exact) mass is 410 g/mol. The van der Waals surface area contributed by atoms with Crippen LogP contribution in [0.5, 0.6) is 0 Å². The van der Waals surface area contributed by atoms with Crippen LogP contribution in [-0.4, -0.2) is 62.8 Å². The molecule has 0 aromatic carbocycles. The zero-order valence-corrected chi connectivity index (χ0v) is 17.5. The average molecular weight is 411 g/mol. The van der Waals surface area contributed by atoms with E-state index in [1.54, 1.807) is 18.2 Å². The van der Waals surface area contributed by atoms with Gasteiger partial charge in [0.15, 0.2) is 0 Å². The predicted octanol–water partition coefficient (Wildman–Crippen LogP) is 3.23. The van der Waals surface area contributed by atoms with Crippen LogP contribution in [0.1, 0.15) is 44.9 Å². The van der Waals surface area contributed by atoms with E-state index in [9.17, 15) is 14.2 Å². The number of amides is 1. The summed E-state index contributed by atoms with van der Waals surface area (Å²) in [5, 5.41) is 10.4. The van der Waals surface area contributed by atoms with Crippen molar-refractivity contribution in [3.63, 3.8) is 0 Å². The molecule has 2 atom stereocenters. The highest BCUT2D eigenvalue weighted by Gasteiger charge is 2.28. The number of hydrogen-bond donors (Lipinski definition) is 1. The molecule has 0 aromatic heterocycles. The van der Waals surface area contributed by atoms with E-state index >= 15 is 0 Å². The minimum atomic E-state index is -1.31. The first-order valence-corrected chi connectivity index (χ1v) is 11.5. The lowest BCUT2D eigenvalue weighted by Gasteiger charge is -2.33. The summed E-state index contributed by atoms with van der Waals surface area (Å²) in [6.07, 6.45) is 13.6. The number of rotatable bonds is 11. The van der Waals surface area contributed by atoms with E-state index in [2.05, 4.69) is 13.2 Å². The van der Waals surface area contributed by atoms with Gasteiger partial charge in [0.25, 0.3) is 0 Å². The minimum absolute atomic E-state index is 0.120. The smallest absolute Gasteiger partial charge is 0.233 e. The number of nitrogens with zero attached hydrogens (tertiary/aromatic N) is 2. The van der Waals surface area contributed by atoms with Crippen LogP contribution in [-0.2, 0) is 20.5 Å². The Balaban J connectivity index is 1.82. The molecule has 0 spiro atoms. The largest absolute Gasteiger partial charge is 0.378 e. The van der Waals surface area contributed by atoms with Crippen LogP contribution in [0.3, 0.4) is 0 Å². The number of ether oxygens (including phenoxy) is 1. The van der Waals surface area contributed by atoms with Gasteiger partial charge in [0, 0.05) is 19.7 Å². The molecule has 1 heterocycles. The molecule has 2 rings (SSSR count). The summed E-state index contributed by atoms with van der Waals surface area (Å²) in [7, 11) is -1.31. The SMILES string of the molecule is C=C/C=C(\C=C)C(CS(=O)N1CCC(OCC2CCCCC2)CC1)N(O)C=O. The summed E-state index contributed by atoms with van der Waals surface area (Å²) in [4.78, 5) is 11.0. The van der Waals surface area contributed by atoms with E-state index in [1.165, 1.54) is 32.1 Å². The lowest BCUT2D eigenvalue weighted by atomic mass is 9.90. The van der Waals surface area contributed by atoms with E-state index in [1.807, 2.05) is 4.31 Å². The van der Waals surface area contributed by atoms with E-state index in [0.717, 1.165) is 19.4 Å². The third-order valence-corrected chi connectivity index (χ3v) is 7.18. The zero-order chi connectivity index (χ0) is 20.4. The van der Waals surface area contributed by atoms with Crippen LogP contribution < -0.4 is 0 Å². The summed E-state index contributed by atoms with van der Waals surface area (Å²) in [5.41, 5.74) is 0.601. The number of carbonyl (C=O) groups excluding carboxylic acids is 1. The van der Waals surface area contributed by atoms with Crippen molar-refractivity contribution < 1.29 is 18.9 Å². The fourth-order valence-corrected chi connectivity index (χ4v) is 5.36. The quantitative estimate of drug-likeness (QED) is 0.246. The van der Waals surface area contributed by atoms with Crippen LogP contribution >= 0.6 is 0 Å². The van der Waals surface area contributed by atoms with Crippen molar-refractivity contribution in [3.8, 4) is 0 Å². The third-order valence-electron chi connectivity index (χ3n) is 5.64. The first kappa shape index (κ1) is 23.0. The fraction of sp³-hybridized carbons (Fsp3) is 0.667. The molecular formula is C21H34N2O4S. The van der Waals surface area contributed by atoms with Crippen molar-refractivity contribution in [2.24, 2.45) is 5.92 Å². The van der Waals surface area contributed by atoms with Gasteiger partial charge in [-0.15, -0.1) is 0 Å². The fourth-order valence-electron chi connectivity index (χ4n) is 3.92. The van der Waals surface area contributed by atoms with Crippen LogP contribution in [0.4, 0.5) is 0 Å². The van der Waals surface area contributed by atoms with Gasteiger partial charge < -0.3 is 4.74 Å². The third kappa shape index (κ3) is 6.95. The number of piperidine rings is 1. The van der Waals surface area contributed by atoms with Gasteiger partial charge in [-0.05, 0) is 37.2 Å². The van der Waals surface area contributed by atoms with Crippen molar-refractivity contribution in [1.82, 2.24) is 9.37 Å². The number of hydrogen-bond acceptors (Lipinski definition) is 4. The van der Waals surface area contributed by atoms with Crippen molar-refractivity contribution in [2.75, 3.05) is 25.4 Å². The van der Waals surface area contributed by atoms with Crippen molar-refractivity contribution >= 4 is 17.4 Å². The van der Waals surface area contributed by atoms with Crippen molar-refractivity contribution in [2.45, 2.75) is 57.1 Å². The molecule has 2 fully saturated rings. The Bertz CT molecular complexity index is 567. The first-order valence-electron chi connectivity index (χ1n) is 10.2. The summed E-state index contributed by atoms with van der Waals surface area (Å²) < 4.78 is 20.8. The Kier molecular flexibility index (Phi) is 10.1. The molecule has 2 unspecified atom stereocenters. The summed E-state index contributed by atoms with van der Waals surface area (Å²) in [6, 6.07) is -0.714. The molecule has 158 valence electrons. The maximum absolute atomic E-state index is 12.8. The molecule has 0 bridgehead atoms. The maximum Gasteiger partial charge on any atom is 0.233 e. The second kappa shape index (κ2) is 12.3. The molecule has 6 nitrogen and oxygen atoms in total. The average Bonchev–Trinajstić information content (AvgIpc) is 2.75. The Morgan fingerprint density at radius 2 is 1.89 bits per heavy atom. The summed E-state index contributed by atoms with van der Waals surface area (Å²) in [6.45, 7) is 9.57. The van der Waals surface area contributed by atoms with Crippen molar-refractivity contribution in [1.29, 1.82) is 0 Å². The zero-order valence-electron chi connectivity index (χ0n) is 16.7. The number of hydroxylamine groups is 2. The lowest BCUT2D eigenvalue weighted by Crippen LogP contribution is -2.44. The summed E-state index contributed by atoms with van der Waals surface area (Å²) >= 11 is 0. The highest BCUT2D eigenvalue weighted by molar-refractivity contribution is 7.82.